The van der Waals surface area contributed by atoms with Crippen LogP contribution in [0.2, 0.25) is 0 Å². The molecule has 0 spiro atoms. The normalized spacial score (nSPS) is 15.2. The highest BCUT2D eigenvalue weighted by atomic mass is 32.3. The summed E-state index contributed by atoms with van der Waals surface area (Å²) in [5.41, 5.74) is 6.92. The van der Waals surface area contributed by atoms with Crippen LogP contribution in [0.5, 0.6) is 0 Å². The third-order valence-corrected chi connectivity index (χ3v) is 7.85. The molecule has 0 saturated carbocycles. The highest BCUT2D eigenvalue weighted by molar-refractivity contribution is 7.85. The van der Waals surface area contributed by atoms with Gasteiger partial charge in [0.15, 0.2) is 0 Å². The van der Waals surface area contributed by atoms with Crippen molar-refractivity contribution in [3.63, 3.8) is 0 Å². The maximum Gasteiger partial charge on any atom is 0.409 e. The smallest absolute Gasteiger partial charge is 0.409 e. The van der Waals surface area contributed by atoms with Gasteiger partial charge in [-0.25, -0.2) is 4.79 Å². The first kappa shape index (κ1) is 24.8. The summed E-state index contributed by atoms with van der Waals surface area (Å²) >= 11 is 0. The van der Waals surface area contributed by atoms with Crippen molar-refractivity contribution in [1.29, 1.82) is 0 Å². The molecule has 1 heterocycles. The van der Waals surface area contributed by atoms with Crippen LogP contribution in [0.1, 0.15) is 33.7 Å². The van der Waals surface area contributed by atoms with Crippen LogP contribution in [0, 0.1) is 19.3 Å². The van der Waals surface area contributed by atoms with E-state index in [-0.39, 0.29) is 18.6 Å². The van der Waals surface area contributed by atoms with Gasteiger partial charge in [-0.2, -0.15) is 8.42 Å². The molecule has 8 heteroatoms. The molecule has 0 aromatic heterocycles. The molecule has 3 aromatic rings. The molecular formula is C29H27FN2O4S. The minimum absolute atomic E-state index is 0.00278. The molecule has 0 bridgehead atoms. The predicted octanol–water partition coefficient (Wildman–Crippen LogP) is 4.85. The molecule has 37 heavy (non-hydrogen) atoms. The number of rotatable bonds is 5. The molecule has 0 atom stereocenters. The average molecular weight is 519 g/mol. The summed E-state index contributed by atoms with van der Waals surface area (Å²) in [6.07, 6.45) is 5.20. The Balaban J connectivity index is 1.25. The lowest BCUT2D eigenvalue weighted by molar-refractivity contribution is 0.0977. The first-order valence-electron chi connectivity index (χ1n) is 12.1. The van der Waals surface area contributed by atoms with Crippen LogP contribution in [0.3, 0.4) is 0 Å². The van der Waals surface area contributed by atoms with Gasteiger partial charge in [-0.1, -0.05) is 54.5 Å². The van der Waals surface area contributed by atoms with Crippen molar-refractivity contribution < 1.29 is 21.8 Å². The molecule has 0 radical (unpaired) electrons. The summed E-state index contributed by atoms with van der Waals surface area (Å²) < 4.78 is 41.7. The van der Waals surface area contributed by atoms with Crippen LogP contribution >= 0.6 is 0 Å². The van der Waals surface area contributed by atoms with Gasteiger partial charge in [-0.15, -0.1) is 10.3 Å². The zero-order valence-electron chi connectivity index (χ0n) is 20.5. The second-order valence-electron chi connectivity index (χ2n) is 9.39. The van der Waals surface area contributed by atoms with E-state index in [9.17, 15) is 17.1 Å². The molecule has 1 aliphatic carbocycles. The molecule has 1 saturated heterocycles. The molecule has 5 rings (SSSR count). The number of carbonyl (C=O) groups excluding carboxylic acids is 1. The standard InChI is InChI=1S/C29H27FN2O4S/c1-3-21-16-22(19-37(30,34)35)20(2)28(17-21)31-12-14-32(15-13-31)29(33)36-18-27-25-10-6-4-8-23(25)24-9-5-7-11-26(24)27/h1,4-11,16-17,27H,12-15,18-19H2,2H3. The summed E-state index contributed by atoms with van der Waals surface area (Å²) in [7, 11) is -4.70. The highest BCUT2D eigenvalue weighted by Gasteiger charge is 2.30. The Kier molecular flexibility index (Phi) is 6.65. The number of carbonyl (C=O) groups is 1. The molecule has 0 N–H and O–H groups in total. The van der Waals surface area contributed by atoms with Gasteiger partial charge in [0.2, 0.25) is 0 Å². The predicted molar refractivity (Wildman–Crippen MR) is 142 cm³/mol. The number of hydrogen-bond donors (Lipinski definition) is 0. The van der Waals surface area contributed by atoms with E-state index in [0.29, 0.717) is 42.9 Å². The maximum atomic E-state index is 13.4. The van der Waals surface area contributed by atoms with Crippen molar-refractivity contribution in [2.24, 2.45) is 0 Å². The number of halogens is 1. The molecular weight excluding hydrogens is 491 g/mol. The topological polar surface area (TPSA) is 66.9 Å². The minimum Gasteiger partial charge on any atom is -0.448 e. The third kappa shape index (κ3) is 5.05. The Morgan fingerprint density at radius 2 is 1.62 bits per heavy atom. The Labute approximate surface area is 216 Å². The van der Waals surface area contributed by atoms with Crippen molar-refractivity contribution in [3.8, 4) is 23.5 Å². The zero-order valence-corrected chi connectivity index (χ0v) is 21.3. The summed E-state index contributed by atoms with van der Waals surface area (Å²) in [5, 5.41) is 0. The van der Waals surface area contributed by atoms with Crippen LogP contribution in [0.25, 0.3) is 11.1 Å². The lowest BCUT2D eigenvalue weighted by atomic mass is 9.98. The van der Waals surface area contributed by atoms with Gasteiger partial charge in [-0.05, 0) is 52.4 Å². The van der Waals surface area contributed by atoms with Crippen LogP contribution in [-0.2, 0) is 20.7 Å². The van der Waals surface area contributed by atoms with E-state index in [2.05, 4.69) is 30.2 Å². The number of ether oxygens (including phenoxy) is 1. The maximum absolute atomic E-state index is 13.4. The number of anilines is 1. The quantitative estimate of drug-likeness (QED) is 0.357. The van der Waals surface area contributed by atoms with Crippen LogP contribution < -0.4 is 4.90 Å². The van der Waals surface area contributed by atoms with Gasteiger partial charge < -0.3 is 14.5 Å². The van der Waals surface area contributed by atoms with Crippen molar-refractivity contribution in [2.45, 2.75) is 18.6 Å². The lowest BCUT2D eigenvalue weighted by Crippen LogP contribution is -2.49. The second kappa shape index (κ2) is 9.91. The van der Waals surface area contributed by atoms with E-state index in [1.807, 2.05) is 29.2 Å². The Hall–Kier alpha value is -3.83. The highest BCUT2D eigenvalue weighted by Crippen LogP contribution is 2.44. The zero-order chi connectivity index (χ0) is 26.2. The van der Waals surface area contributed by atoms with E-state index in [4.69, 9.17) is 11.2 Å². The monoisotopic (exact) mass is 518 g/mol. The van der Waals surface area contributed by atoms with Crippen molar-refractivity contribution >= 4 is 22.0 Å². The van der Waals surface area contributed by atoms with E-state index in [1.165, 1.54) is 17.2 Å². The number of nitrogens with zero attached hydrogens (tertiary/aromatic N) is 2. The molecule has 1 amide bonds. The number of amides is 1. The van der Waals surface area contributed by atoms with Gasteiger partial charge in [0.25, 0.3) is 0 Å². The number of benzene rings is 3. The fraction of sp³-hybridized carbons (Fsp3) is 0.276. The summed E-state index contributed by atoms with van der Waals surface area (Å²) in [5.74, 6) is 1.79. The number of hydrogen-bond acceptors (Lipinski definition) is 5. The van der Waals surface area contributed by atoms with E-state index in [1.54, 1.807) is 17.9 Å². The summed E-state index contributed by atoms with van der Waals surface area (Å²) in [6.45, 7) is 3.92. The van der Waals surface area contributed by atoms with Crippen molar-refractivity contribution in [2.75, 3.05) is 37.7 Å². The van der Waals surface area contributed by atoms with Crippen LogP contribution in [0.15, 0.2) is 60.7 Å². The fourth-order valence-electron chi connectivity index (χ4n) is 5.32. The van der Waals surface area contributed by atoms with Gasteiger partial charge >= 0.3 is 16.3 Å². The lowest BCUT2D eigenvalue weighted by Gasteiger charge is -2.36. The molecule has 2 aliphatic rings. The molecule has 1 aliphatic heterocycles. The average Bonchev–Trinajstić information content (AvgIpc) is 3.21. The number of piperazine rings is 1. The first-order chi connectivity index (χ1) is 17.7. The van der Waals surface area contributed by atoms with Gasteiger partial charge in [0.05, 0.1) is 0 Å². The van der Waals surface area contributed by atoms with E-state index < -0.39 is 16.0 Å². The van der Waals surface area contributed by atoms with Crippen molar-refractivity contribution in [1.82, 2.24) is 4.90 Å². The second-order valence-corrected chi connectivity index (χ2v) is 10.8. The Bertz CT molecular complexity index is 1460. The van der Waals surface area contributed by atoms with E-state index >= 15 is 0 Å². The van der Waals surface area contributed by atoms with E-state index in [0.717, 1.165) is 16.8 Å². The Morgan fingerprint density at radius 1 is 1.03 bits per heavy atom. The van der Waals surface area contributed by atoms with Crippen LogP contribution in [0.4, 0.5) is 14.4 Å². The number of fused-ring (bicyclic) bond motifs is 3. The van der Waals surface area contributed by atoms with Gasteiger partial charge in [-0.3, -0.25) is 0 Å². The van der Waals surface area contributed by atoms with Crippen molar-refractivity contribution in [3.05, 3.63) is 88.5 Å². The van der Waals surface area contributed by atoms with Crippen LogP contribution in [-0.4, -0.2) is 52.2 Å². The summed E-state index contributed by atoms with van der Waals surface area (Å²) in [6, 6.07) is 19.7. The first-order valence-corrected chi connectivity index (χ1v) is 13.7. The number of terminal acetylenes is 1. The third-order valence-electron chi connectivity index (χ3n) is 7.20. The molecule has 0 unspecified atom stereocenters. The summed E-state index contributed by atoms with van der Waals surface area (Å²) in [4.78, 5) is 16.7. The molecule has 190 valence electrons. The molecule has 1 fully saturated rings. The largest absolute Gasteiger partial charge is 0.448 e. The van der Waals surface area contributed by atoms with Gasteiger partial charge in [0, 0.05) is 43.3 Å². The fourth-order valence-corrected chi connectivity index (χ4v) is 5.99. The SMILES string of the molecule is C#Cc1cc(CS(=O)(=O)F)c(C)c(N2CCN(C(=O)OCC3c4ccccc4-c4ccccc43)CC2)c1. The van der Waals surface area contributed by atoms with Gasteiger partial charge in [0.1, 0.15) is 12.4 Å². The Morgan fingerprint density at radius 3 is 2.19 bits per heavy atom. The molecule has 3 aromatic carbocycles. The minimum atomic E-state index is -4.70. The molecule has 6 nitrogen and oxygen atoms in total.